The van der Waals surface area contributed by atoms with Crippen LogP contribution in [0.5, 0.6) is 5.75 Å². The smallest absolute Gasteiger partial charge is 0.124 e. The van der Waals surface area contributed by atoms with E-state index in [0.29, 0.717) is 11.3 Å². The first-order chi connectivity index (χ1) is 30.9. The molecule has 312 valence electrons. The summed E-state index contributed by atoms with van der Waals surface area (Å²) >= 11 is 0. The zero-order valence-electron chi connectivity index (χ0n) is 37.1. The van der Waals surface area contributed by atoms with Crippen molar-refractivity contribution in [3.05, 3.63) is 200 Å². The van der Waals surface area contributed by atoms with Gasteiger partial charge in [0.05, 0.1) is 28.1 Å². The summed E-state index contributed by atoms with van der Waals surface area (Å²) in [6, 6.07) is 59.6. The molecule has 10 rings (SSSR count). The third-order valence-corrected chi connectivity index (χ3v) is 12.3. The van der Waals surface area contributed by atoms with E-state index in [-0.39, 0.29) is 16.6 Å². The molecule has 0 fully saturated rings. The largest absolute Gasteiger partial charge is 0.507 e. The molecule has 10 aromatic rings. The van der Waals surface area contributed by atoms with E-state index in [0.717, 1.165) is 72.6 Å². The van der Waals surface area contributed by atoms with Gasteiger partial charge in [-0.15, -0.1) is 0 Å². The van der Waals surface area contributed by atoms with Crippen LogP contribution in [-0.4, -0.2) is 24.6 Å². The molecule has 1 N–H and O–H groups in total. The van der Waals surface area contributed by atoms with Gasteiger partial charge in [0, 0.05) is 57.3 Å². The van der Waals surface area contributed by atoms with E-state index in [2.05, 4.69) is 191 Å². The fourth-order valence-electron chi connectivity index (χ4n) is 8.78. The standard InChI is InChI=1S/C59H50N4O/c1-58(2,3)45-31-43(32-46(36-45)59(4,5)6)44-34-53(62-54(35-44)51-18-8-10-22-56(51)64)41-15-11-14-40(30-41)52-33-39(27-29-61-52)48-19-12-20-50-49-17-7-9-21-55(49)63(57(48)50)47-25-23-38(24-26-47)42-16-13-28-60-37-42/h7-37,64H,1-6H3. The van der Waals surface area contributed by atoms with Crippen molar-refractivity contribution in [3.63, 3.8) is 0 Å². The van der Waals surface area contributed by atoms with Crippen molar-refractivity contribution in [1.82, 2.24) is 19.5 Å². The van der Waals surface area contributed by atoms with E-state index in [9.17, 15) is 5.11 Å². The van der Waals surface area contributed by atoms with Gasteiger partial charge in [-0.05, 0) is 117 Å². The fourth-order valence-corrected chi connectivity index (χ4v) is 8.78. The summed E-state index contributed by atoms with van der Waals surface area (Å²) in [7, 11) is 0. The lowest BCUT2D eigenvalue weighted by Crippen LogP contribution is -2.16. The van der Waals surface area contributed by atoms with Crippen molar-refractivity contribution < 1.29 is 5.11 Å². The average molecular weight is 831 g/mol. The number of fused-ring (bicyclic) bond motifs is 3. The first-order valence-corrected chi connectivity index (χ1v) is 22.0. The summed E-state index contributed by atoms with van der Waals surface area (Å²) in [6.45, 7) is 13.6. The van der Waals surface area contributed by atoms with Crippen LogP contribution in [0, 0.1) is 0 Å². The van der Waals surface area contributed by atoms with E-state index in [1.54, 1.807) is 12.3 Å². The van der Waals surface area contributed by atoms with Crippen LogP contribution < -0.4 is 0 Å². The molecule has 64 heavy (non-hydrogen) atoms. The maximum atomic E-state index is 11.1. The first kappa shape index (κ1) is 40.4. The van der Waals surface area contributed by atoms with Crippen LogP contribution in [0.25, 0.3) is 94.6 Å². The minimum atomic E-state index is -0.0450. The Hall–Kier alpha value is -7.63. The minimum Gasteiger partial charge on any atom is -0.507 e. The van der Waals surface area contributed by atoms with Gasteiger partial charge in [-0.1, -0.05) is 145 Å². The Labute approximate surface area is 375 Å². The number of nitrogens with zero attached hydrogens (tertiary/aromatic N) is 4. The highest BCUT2D eigenvalue weighted by Crippen LogP contribution is 2.41. The molecule has 0 aliphatic carbocycles. The van der Waals surface area contributed by atoms with Crippen molar-refractivity contribution in [1.29, 1.82) is 0 Å². The number of rotatable bonds is 7. The quantitative estimate of drug-likeness (QED) is 0.174. The third kappa shape index (κ3) is 7.64. The topological polar surface area (TPSA) is 63.8 Å². The molecule has 0 spiro atoms. The number of hydrogen-bond acceptors (Lipinski definition) is 4. The second kappa shape index (κ2) is 15.9. The van der Waals surface area contributed by atoms with Gasteiger partial charge in [-0.2, -0.15) is 0 Å². The molecule has 0 saturated heterocycles. The molecule has 0 bridgehead atoms. The molecule has 5 heteroatoms. The van der Waals surface area contributed by atoms with Gasteiger partial charge in [0.15, 0.2) is 0 Å². The molecular formula is C59H50N4O. The van der Waals surface area contributed by atoms with Gasteiger partial charge >= 0.3 is 0 Å². The maximum Gasteiger partial charge on any atom is 0.124 e. The number of pyridine rings is 3. The summed E-state index contributed by atoms with van der Waals surface area (Å²) in [4.78, 5) is 14.5. The monoisotopic (exact) mass is 830 g/mol. The van der Waals surface area contributed by atoms with E-state index in [1.807, 2.05) is 36.7 Å². The minimum absolute atomic E-state index is 0.0450. The summed E-state index contributed by atoms with van der Waals surface area (Å²) in [6.07, 6.45) is 5.62. The molecule has 4 aromatic heterocycles. The molecule has 0 atom stereocenters. The highest BCUT2D eigenvalue weighted by Gasteiger charge is 2.23. The Morgan fingerprint density at radius 1 is 0.438 bits per heavy atom. The highest BCUT2D eigenvalue weighted by molar-refractivity contribution is 6.14. The Morgan fingerprint density at radius 3 is 1.80 bits per heavy atom. The van der Waals surface area contributed by atoms with Crippen LogP contribution in [0.15, 0.2) is 188 Å². The predicted molar refractivity (Wildman–Crippen MR) is 266 cm³/mol. The van der Waals surface area contributed by atoms with Crippen LogP contribution in [0.3, 0.4) is 0 Å². The molecule has 4 heterocycles. The van der Waals surface area contributed by atoms with Gasteiger partial charge in [0.1, 0.15) is 5.75 Å². The van der Waals surface area contributed by atoms with Gasteiger partial charge < -0.3 is 9.67 Å². The lowest BCUT2D eigenvalue weighted by atomic mass is 9.79. The van der Waals surface area contributed by atoms with E-state index >= 15 is 0 Å². The zero-order chi connectivity index (χ0) is 44.2. The summed E-state index contributed by atoms with van der Waals surface area (Å²) in [5, 5.41) is 13.5. The molecular weight excluding hydrogens is 781 g/mol. The molecule has 0 aliphatic rings. The summed E-state index contributed by atoms with van der Waals surface area (Å²) in [5.41, 5.74) is 17.5. The van der Waals surface area contributed by atoms with Gasteiger partial charge in [-0.25, -0.2) is 4.98 Å². The maximum absolute atomic E-state index is 11.1. The molecule has 0 saturated carbocycles. The second-order valence-corrected chi connectivity index (χ2v) is 18.8. The van der Waals surface area contributed by atoms with Crippen LogP contribution in [0.2, 0.25) is 0 Å². The van der Waals surface area contributed by atoms with E-state index in [1.165, 1.54) is 21.9 Å². The van der Waals surface area contributed by atoms with Crippen LogP contribution in [0.1, 0.15) is 52.7 Å². The molecule has 0 aliphatic heterocycles. The summed E-state index contributed by atoms with van der Waals surface area (Å²) in [5.74, 6) is 0.197. The number of phenols is 1. The highest BCUT2D eigenvalue weighted by atomic mass is 16.3. The Morgan fingerprint density at radius 2 is 1.06 bits per heavy atom. The fraction of sp³-hybridized carbons (Fsp3) is 0.136. The van der Waals surface area contributed by atoms with Crippen molar-refractivity contribution in [2.24, 2.45) is 0 Å². The molecule has 0 unspecified atom stereocenters. The van der Waals surface area contributed by atoms with Crippen molar-refractivity contribution in [2.45, 2.75) is 52.4 Å². The number of phenolic OH excluding ortho intramolecular Hbond substituents is 1. The average Bonchev–Trinajstić information content (AvgIpc) is 3.66. The molecule has 5 nitrogen and oxygen atoms in total. The Bertz CT molecular complexity index is 3320. The zero-order valence-corrected chi connectivity index (χ0v) is 37.1. The lowest BCUT2D eigenvalue weighted by Gasteiger charge is -2.26. The number of benzene rings is 6. The summed E-state index contributed by atoms with van der Waals surface area (Å²) < 4.78 is 2.39. The first-order valence-electron chi connectivity index (χ1n) is 22.0. The van der Waals surface area contributed by atoms with Crippen molar-refractivity contribution >= 4 is 21.8 Å². The van der Waals surface area contributed by atoms with Gasteiger partial charge in [0.25, 0.3) is 0 Å². The lowest BCUT2D eigenvalue weighted by molar-refractivity contribution is 0.477. The second-order valence-electron chi connectivity index (χ2n) is 18.8. The molecule has 0 radical (unpaired) electrons. The third-order valence-electron chi connectivity index (χ3n) is 12.3. The van der Waals surface area contributed by atoms with Gasteiger partial charge in [0.2, 0.25) is 0 Å². The normalized spacial score (nSPS) is 12.0. The van der Waals surface area contributed by atoms with E-state index in [4.69, 9.17) is 9.97 Å². The van der Waals surface area contributed by atoms with E-state index < -0.39 is 0 Å². The van der Waals surface area contributed by atoms with Crippen LogP contribution in [0.4, 0.5) is 0 Å². The van der Waals surface area contributed by atoms with Crippen molar-refractivity contribution in [2.75, 3.05) is 0 Å². The molecule has 0 amide bonds. The van der Waals surface area contributed by atoms with Crippen LogP contribution >= 0.6 is 0 Å². The number of aromatic hydroxyl groups is 1. The Kier molecular flexibility index (Phi) is 10.1. The molecule has 6 aromatic carbocycles. The Balaban J connectivity index is 1.09. The SMILES string of the molecule is CC(C)(C)c1cc(-c2cc(-c3cccc(-c4cc(-c5cccc6c7ccccc7n(-c7ccc(-c8cccnc8)cc7)c56)ccn4)c3)nc(-c3ccccc3O)c2)cc(C(C)(C)C)c1. The van der Waals surface area contributed by atoms with Crippen LogP contribution in [-0.2, 0) is 10.8 Å². The van der Waals surface area contributed by atoms with Gasteiger partial charge in [-0.3, -0.25) is 9.97 Å². The van der Waals surface area contributed by atoms with Crippen molar-refractivity contribution in [3.8, 4) is 78.6 Å². The predicted octanol–water partition coefficient (Wildman–Crippen LogP) is 15.3. The number of hydrogen-bond donors (Lipinski definition) is 1. The number of para-hydroxylation sites is 3. The number of aromatic nitrogens is 4.